The van der Waals surface area contributed by atoms with Crippen LogP contribution in [0.15, 0.2) is 0 Å². The van der Waals surface area contributed by atoms with Crippen molar-refractivity contribution in [3.05, 3.63) is 0 Å². The summed E-state index contributed by atoms with van der Waals surface area (Å²) >= 11 is 0. The molecule has 4 nitrogen and oxygen atoms in total. The van der Waals surface area contributed by atoms with Crippen LogP contribution in [-0.4, -0.2) is 37.5 Å². The second-order valence-electron chi connectivity index (χ2n) is 5.19. The van der Waals surface area contributed by atoms with Gasteiger partial charge < -0.3 is 14.2 Å². The van der Waals surface area contributed by atoms with Crippen LogP contribution in [-0.2, 0) is 19.0 Å². The van der Waals surface area contributed by atoms with Crippen molar-refractivity contribution >= 4 is 5.97 Å². The van der Waals surface area contributed by atoms with Crippen molar-refractivity contribution in [3.8, 4) is 0 Å². The van der Waals surface area contributed by atoms with E-state index in [2.05, 4.69) is 6.92 Å². The van der Waals surface area contributed by atoms with Crippen molar-refractivity contribution in [1.29, 1.82) is 0 Å². The van der Waals surface area contributed by atoms with Crippen LogP contribution >= 0.6 is 0 Å². The fraction of sp³-hybridized carbons (Fsp3) is 0.923. The van der Waals surface area contributed by atoms with E-state index in [1.54, 1.807) is 0 Å². The molecule has 4 heteroatoms. The Labute approximate surface area is 103 Å². The van der Waals surface area contributed by atoms with Crippen LogP contribution in [0.4, 0.5) is 0 Å². The molecule has 0 amide bonds. The second kappa shape index (κ2) is 5.36. The molecule has 2 aliphatic rings. The minimum absolute atomic E-state index is 0.148. The number of ether oxygens (including phenoxy) is 3. The summed E-state index contributed by atoms with van der Waals surface area (Å²) in [7, 11) is 0. The van der Waals surface area contributed by atoms with Gasteiger partial charge in [0.05, 0.1) is 31.3 Å². The third-order valence-electron chi connectivity index (χ3n) is 3.77. The molecule has 1 heterocycles. The first kappa shape index (κ1) is 12.8. The minimum atomic E-state index is -0.150. The normalized spacial score (nSPS) is 35.2. The standard InChI is InChI=1S/C13H22O4/c1-3-15-7-5-12(14)16-9-10-4-6-13(2)11(8-10)17-13/h10-11H,3-9H2,1-2H3. The molecule has 1 saturated carbocycles. The molecule has 1 aliphatic heterocycles. The molecule has 0 spiro atoms. The van der Waals surface area contributed by atoms with Crippen molar-refractivity contribution < 1.29 is 19.0 Å². The van der Waals surface area contributed by atoms with Crippen molar-refractivity contribution in [2.45, 2.75) is 51.2 Å². The lowest BCUT2D eigenvalue weighted by Crippen LogP contribution is -2.25. The average Bonchev–Trinajstić information content (AvgIpc) is 2.97. The zero-order valence-corrected chi connectivity index (χ0v) is 10.7. The largest absolute Gasteiger partial charge is 0.465 e. The summed E-state index contributed by atoms with van der Waals surface area (Å²) in [6, 6.07) is 0. The Balaban J connectivity index is 1.57. The third-order valence-corrected chi connectivity index (χ3v) is 3.77. The highest BCUT2D eigenvalue weighted by atomic mass is 16.6. The fourth-order valence-corrected chi connectivity index (χ4v) is 2.45. The molecule has 3 unspecified atom stereocenters. The molecule has 1 saturated heterocycles. The molecule has 17 heavy (non-hydrogen) atoms. The Hall–Kier alpha value is -0.610. The number of epoxide rings is 1. The number of hydrogen-bond acceptors (Lipinski definition) is 4. The lowest BCUT2D eigenvalue weighted by atomic mass is 9.83. The highest BCUT2D eigenvalue weighted by molar-refractivity contribution is 5.69. The number of hydrogen-bond donors (Lipinski definition) is 0. The van der Waals surface area contributed by atoms with E-state index >= 15 is 0 Å². The molecule has 0 radical (unpaired) electrons. The molecular weight excluding hydrogens is 220 g/mol. The SMILES string of the molecule is CCOCCC(=O)OCC1CCC2(C)OC2C1. The molecular formula is C13H22O4. The quantitative estimate of drug-likeness (QED) is 0.405. The first-order chi connectivity index (χ1) is 8.14. The monoisotopic (exact) mass is 242 g/mol. The Kier molecular flexibility index (Phi) is 4.05. The molecule has 98 valence electrons. The van der Waals surface area contributed by atoms with Crippen LogP contribution in [0.5, 0.6) is 0 Å². The van der Waals surface area contributed by atoms with Crippen molar-refractivity contribution in [2.24, 2.45) is 5.92 Å². The van der Waals surface area contributed by atoms with Gasteiger partial charge in [-0.15, -0.1) is 0 Å². The van der Waals surface area contributed by atoms with Gasteiger partial charge in [0.15, 0.2) is 0 Å². The lowest BCUT2D eigenvalue weighted by molar-refractivity contribution is -0.146. The second-order valence-corrected chi connectivity index (χ2v) is 5.19. The van der Waals surface area contributed by atoms with Crippen molar-refractivity contribution in [3.63, 3.8) is 0 Å². The van der Waals surface area contributed by atoms with Gasteiger partial charge in [-0.05, 0) is 39.0 Å². The fourth-order valence-electron chi connectivity index (χ4n) is 2.45. The van der Waals surface area contributed by atoms with Gasteiger partial charge in [-0.3, -0.25) is 4.79 Å². The van der Waals surface area contributed by atoms with Gasteiger partial charge >= 0.3 is 5.97 Å². The summed E-state index contributed by atoms with van der Waals surface area (Å²) in [6.45, 7) is 5.74. The topological polar surface area (TPSA) is 48.1 Å². The Morgan fingerprint density at radius 1 is 1.53 bits per heavy atom. The first-order valence-electron chi connectivity index (χ1n) is 6.55. The van der Waals surface area contributed by atoms with E-state index in [0.717, 1.165) is 19.3 Å². The number of carbonyl (C=O) groups is 1. The predicted octanol–water partition coefficient (Wildman–Crippen LogP) is 1.91. The average molecular weight is 242 g/mol. The number of fused-ring (bicyclic) bond motifs is 1. The highest BCUT2D eigenvalue weighted by Gasteiger charge is 2.55. The van der Waals surface area contributed by atoms with Gasteiger partial charge in [0.2, 0.25) is 0 Å². The summed E-state index contributed by atoms with van der Waals surface area (Å²) in [4.78, 5) is 11.4. The lowest BCUT2D eigenvalue weighted by Gasteiger charge is -2.21. The van der Waals surface area contributed by atoms with E-state index in [0.29, 0.717) is 38.3 Å². The van der Waals surface area contributed by atoms with E-state index in [1.807, 2.05) is 6.92 Å². The predicted molar refractivity (Wildman–Crippen MR) is 62.7 cm³/mol. The van der Waals surface area contributed by atoms with Gasteiger partial charge in [0.25, 0.3) is 0 Å². The Morgan fingerprint density at radius 3 is 3.06 bits per heavy atom. The zero-order valence-electron chi connectivity index (χ0n) is 10.7. The van der Waals surface area contributed by atoms with Gasteiger partial charge in [-0.2, -0.15) is 0 Å². The first-order valence-corrected chi connectivity index (χ1v) is 6.55. The van der Waals surface area contributed by atoms with E-state index in [1.165, 1.54) is 0 Å². The Morgan fingerprint density at radius 2 is 2.35 bits per heavy atom. The van der Waals surface area contributed by atoms with Crippen LogP contribution < -0.4 is 0 Å². The van der Waals surface area contributed by atoms with Crippen molar-refractivity contribution in [2.75, 3.05) is 19.8 Å². The molecule has 0 aromatic carbocycles. The van der Waals surface area contributed by atoms with Crippen LogP contribution in [0.25, 0.3) is 0 Å². The molecule has 2 rings (SSSR count). The maximum absolute atomic E-state index is 11.4. The number of esters is 1. The van der Waals surface area contributed by atoms with Gasteiger partial charge in [-0.1, -0.05) is 0 Å². The molecule has 0 aromatic rings. The summed E-state index contributed by atoms with van der Waals surface area (Å²) in [6.07, 6.45) is 4.00. The minimum Gasteiger partial charge on any atom is -0.465 e. The third kappa shape index (κ3) is 3.42. The van der Waals surface area contributed by atoms with Crippen molar-refractivity contribution in [1.82, 2.24) is 0 Å². The van der Waals surface area contributed by atoms with Crippen LogP contribution in [0, 0.1) is 5.92 Å². The Bertz CT molecular complexity index is 279. The molecule has 0 N–H and O–H groups in total. The molecule has 0 bridgehead atoms. The molecule has 2 fully saturated rings. The molecule has 0 aromatic heterocycles. The summed E-state index contributed by atoms with van der Waals surface area (Å²) in [5, 5.41) is 0. The van der Waals surface area contributed by atoms with Crippen LogP contribution in [0.1, 0.15) is 39.5 Å². The van der Waals surface area contributed by atoms with Crippen LogP contribution in [0.2, 0.25) is 0 Å². The smallest absolute Gasteiger partial charge is 0.308 e. The number of carbonyl (C=O) groups excluding carboxylic acids is 1. The van der Waals surface area contributed by atoms with E-state index in [-0.39, 0.29) is 11.6 Å². The zero-order chi connectivity index (χ0) is 12.3. The highest BCUT2D eigenvalue weighted by Crippen LogP contribution is 2.49. The van der Waals surface area contributed by atoms with E-state index in [4.69, 9.17) is 14.2 Å². The van der Waals surface area contributed by atoms with E-state index < -0.39 is 0 Å². The molecule has 3 atom stereocenters. The maximum Gasteiger partial charge on any atom is 0.308 e. The van der Waals surface area contributed by atoms with E-state index in [9.17, 15) is 4.79 Å². The summed E-state index contributed by atoms with van der Waals surface area (Å²) in [5.41, 5.74) is 0.148. The number of rotatable bonds is 6. The van der Waals surface area contributed by atoms with Gasteiger partial charge in [0, 0.05) is 6.61 Å². The van der Waals surface area contributed by atoms with Gasteiger partial charge in [-0.25, -0.2) is 0 Å². The molecule has 1 aliphatic carbocycles. The summed E-state index contributed by atoms with van der Waals surface area (Å²) in [5.74, 6) is 0.329. The maximum atomic E-state index is 11.4. The summed E-state index contributed by atoms with van der Waals surface area (Å²) < 4.78 is 16.0. The van der Waals surface area contributed by atoms with Crippen LogP contribution in [0.3, 0.4) is 0 Å². The van der Waals surface area contributed by atoms with Gasteiger partial charge in [0.1, 0.15) is 0 Å².